The quantitative estimate of drug-likeness (QED) is 0.841. The van der Waals surface area contributed by atoms with Gasteiger partial charge in [0.25, 0.3) is 0 Å². The van der Waals surface area contributed by atoms with Gasteiger partial charge in [-0.25, -0.2) is 0 Å². The molecule has 0 aromatic heterocycles. The molecule has 0 saturated heterocycles. The Kier molecular flexibility index (Phi) is 4.47. The zero-order chi connectivity index (χ0) is 14.7. The smallest absolute Gasteiger partial charge is 0.227 e. The van der Waals surface area contributed by atoms with Crippen molar-refractivity contribution in [1.82, 2.24) is 0 Å². The average Bonchev–Trinajstić information content (AvgIpc) is 3.34. The van der Waals surface area contributed by atoms with Crippen molar-refractivity contribution >= 4 is 17.3 Å². The van der Waals surface area contributed by atoms with E-state index in [1.165, 1.54) is 37.8 Å². The largest absolute Gasteiger partial charge is 0.382 e. The summed E-state index contributed by atoms with van der Waals surface area (Å²) in [5.41, 5.74) is 2.08. The van der Waals surface area contributed by atoms with Crippen LogP contribution in [0.3, 0.4) is 0 Å². The lowest BCUT2D eigenvalue weighted by Gasteiger charge is -2.32. The first-order valence-electron chi connectivity index (χ1n) is 8.43. The lowest BCUT2D eigenvalue weighted by atomic mass is 9.83. The van der Waals surface area contributed by atoms with Gasteiger partial charge < -0.3 is 10.6 Å². The number of carbonyl (C=O) groups is 1. The lowest BCUT2D eigenvalue weighted by Crippen LogP contribution is -2.31. The molecule has 3 rings (SSSR count). The van der Waals surface area contributed by atoms with E-state index in [9.17, 15) is 4.79 Å². The molecule has 2 atom stereocenters. The van der Waals surface area contributed by atoms with E-state index in [-0.39, 0.29) is 11.8 Å². The molecule has 3 nitrogen and oxygen atoms in total. The molecule has 0 radical (unpaired) electrons. The molecule has 2 aliphatic carbocycles. The van der Waals surface area contributed by atoms with Crippen molar-refractivity contribution in [2.24, 2.45) is 11.8 Å². The number of benzene rings is 1. The van der Waals surface area contributed by atoms with Crippen LogP contribution in [0.15, 0.2) is 24.3 Å². The van der Waals surface area contributed by atoms with Crippen molar-refractivity contribution in [2.75, 3.05) is 10.6 Å². The van der Waals surface area contributed by atoms with E-state index >= 15 is 0 Å². The fourth-order valence-electron chi connectivity index (χ4n) is 3.34. The molecule has 21 heavy (non-hydrogen) atoms. The first kappa shape index (κ1) is 14.4. The fourth-order valence-corrected chi connectivity index (χ4v) is 3.34. The Morgan fingerprint density at radius 1 is 1.05 bits per heavy atom. The second-order valence-corrected chi connectivity index (χ2v) is 6.54. The van der Waals surface area contributed by atoms with Crippen LogP contribution >= 0.6 is 0 Å². The molecule has 3 heteroatoms. The summed E-state index contributed by atoms with van der Waals surface area (Å²) in [6.45, 7) is 2.29. The van der Waals surface area contributed by atoms with E-state index in [1.807, 2.05) is 12.1 Å². The van der Waals surface area contributed by atoms with Crippen molar-refractivity contribution in [3.05, 3.63) is 24.3 Å². The summed E-state index contributed by atoms with van der Waals surface area (Å²) in [6.07, 6.45) is 8.69. The average molecular weight is 286 g/mol. The fraction of sp³-hybridized carbons (Fsp3) is 0.611. The van der Waals surface area contributed by atoms with E-state index in [0.717, 1.165) is 24.4 Å². The summed E-state index contributed by atoms with van der Waals surface area (Å²) in [5, 5.41) is 6.67. The van der Waals surface area contributed by atoms with Gasteiger partial charge in [0.1, 0.15) is 0 Å². The topological polar surface area (TPSA) is 41.1 Å². The molecular formula is C18H26N2O. The molecule has 1 amide bonds. The maximum absolute atomic E-state index is 11.7. The van der Waals surface area contributed by atoms with Gasteiger partial charge in [-0.1, -0.05) is 26.2 Å². The van der Waals surface area contributed by atoms with Gasteiger partial charge in [-0.05, 0) is 55.9 Å². The standard InChI is InChI=1S/C18H26N2O/c1-2-13-5-3-4-6-17(13)19-15-9-11-16(12-10-15)20-18(21)14-7-8-14/h9-14,17,19H,2-8H2,1H3,(H,20,21). The van der Waals surface area contributed by atoms with Crippen molar-refractivity contribution in [1.29, 1.82) is 0 Å². The van der Waals surface area contributed by atoms with Crippen LogP contribution in [-0.2, 0) is 4.79 Å². The maximum Gasteiger partial charge on any atom is 0.227 e. The number of rotatable bonds is 5. The Balaban J connectivity index is 1.57. The number of amides is 1. The molecule has 2 N–H and O–H groups in total. The van der Waals surface area contributed by atoms with E-state index in [4.69, 9.17) is 0 Å². The second kappa shape index (κ2) is 6.50. The SMILES string of the molecule is CCC1CCCCC1Nc1ccc(NC(=O)C2CC2)cc1. The molecular weight excluding hydrogens is 260 g/mol. The van der Waals surface area contributed by atoms with Crippen LogP contribution in [0.2, 0.25) is 0 Å². The Labute approximate surface area is 127 Å². The zero-order valence-corrected chi connectivity index (χ0v) is 12.9. The molecule has 0 bridgehead atoms. The van der Waals surface area contributed by atoms with Crippen LogP contribution in [0, 0.1) is 11.8 Å². The molecule has 2 unspecified atom stereocenters. The van der Waals surface area contributed by atoms with Crippen molar-refractivity contribution in [3.63, 3.8) is 0 Å². The van der Waals surface area contributed by atoms with E-state index < -0.39 is 0 Å². The number of nitrogens with one attached hydrogen (secondary N) is 2. The molecule has 0 aliphatic heterocycles. The first-order chi connectivity index (χ1) is 10.3. The zero-order valence-electron chi connectivity index (χ0n) is 12.9. The van der Waals surface area contributed by atoms with Gasteiger partial charge in [-0.2, -0.15) is 0 Å². The molecule has 2 fully saturated rings. The predicted octanol–water partition coefficient (Wildman–Crippen LogP) is 4.42. The predicted molar refractivity (Wildman–Crippen MR) is 87.5 cm³/mol. The van der Waals surface area contributed by atoms with Gasteiger partial charge in [-0.15, -0.1) is 0 Å². The van der Waals surface area contributed by atoms with Crippen LogP contribution in [0.25, 0.3) is 0 Å². The number of hydrogen-bond acceptors (Lipinski definition) is 2. The minimum Gasteiger partial charge on any atom is -0.382 e. The van der Waals surface area contributed by atoms with Gasteiger partial charge in [0.2, 0.25) is 5.91 Å². The number of anilines is 2. The number of hydrogen-bond donors (Lipinski definition) is 2. The summed E-state index contributed by atoms with van der Waals surface area (Å²) in [4.78, 5) is 11.7. The van der Waals surface area contributed by atoms with E-state index in [0.29, 0.717) is 6.04 Å². The van der Waals surface area contributed by atoms with Gasteiger partial charge in [0.05, 0.1) is 0 Å². The lowest BCUT2D eigenvalue weighted by molar-refractivity contribution is -0.117. The van der Waals surface area contributed by atoms with E-state index in [2.05, 4.69) is 29.7 Å². The highest BCUT2D eigenvalue weighted by molar-refractivity contribution is 5.94. The summed E-state index contributed by atoms with van der Waals surface area (Å²) >= 11 is 0. The Hall–Kier alpha value is -1.51. The third-order valence-electron chi connectivity index (χ3n) is 4.89. The second-order valence-electron chi connectivity index (χ2n) is 6.54. The van der Waals surface area contributed by atoms with Gasteiger partial charge in [-0.3, -0.25) is 4.79 Å². The minimum absolute atomic E-state index is 0.175. The van der Waals surface area contributed by atoms with Crippen LogP contribution in [0.1, 0.15) is 51.9 Å². The normalized spacial score (nSPS) is 25.4. The molecule has 1 aromatic carbocycles. The van der Waals surface area contributed by atoms with Gasteiger partial charge >= 0.3 is 0 Å². The number of carbonyl (C=O) groups excluding carboxylic acids is 1. The molecule has 114 valence electrons. The van der Waals surface area contributed by atoms with Crippen LogP contribution in [0.4, 0.5) is 11.4 Å². The summed E-state index contributed by atoms with van der Waals surface area (Å²) in [7, 11) is 0. The Morgan fingerprint density at radius 2 is 1.71 bits per heavy atom. The molecule has 0 spiro atoms. The van der Waals surface area contributed by atoms with Gasteiger partial charge in [0, 0.05) is 23.3 Å². The highest BCUT2D eigenvalue weighted by Gasteiger charge is 2.29. The summed E-state index contributed by atoms with van der Waals surface area (Å²) in [5.74, 6) is 1.23. The Morgan fingerprint density at radius 3 is 2.38 bits per heavy atom. The maximum atomic E-state index is 11.7. The first-order valence-corrected chi connectivity index (χ1v) is 8.43. The molecule has 1 aromatic rings. The van der Waals surface area contributed by atoms with Crippen LogP contribution in [0.5, 0.6) is 0 Å². The summed E-state index contributed by atoms with van der Waals surface area (Å²) in [6, 6.07) is 8.79. The van der Waals surface area contributed by atoms with Gasteiger partial charge in [0.15, 0.2) is 0 Å². The Bertz CT molecular complexity index is 478. The van der Waals surface area contributed by atoms with E-state index in [1.54, 1.807) is 0 Å². The highest BCUT2D eigenvalue weighted by atomic mass is 16.2. The monoisotopic (exact) mass is 286 g/mol. The molecule has 0 heterocycles. The van der Waals surface area contributed by atoms with Crippen molar-refractivity contribution < 1.29 is 4.79 Å². The van der Waals surface area contributed by atoms with Crippen LogP contribution in [-0.4, -0.2) is 11.9 Å². The van der Waals surface area contributed by atoms with Crippen LogP contribution < -0.4 is 10.6 Å². The minimum atomic E-state index is 0.175. The summed E-state index contributed by atoms with van der Waals surface area (Å²) < 4.78 is 0. The third kappa shape index (κ3) is 3.78. The molecule has 2 aliphatic rings. The third-order valence-corrected chi connectivity index (χ3v) is 4.89. The molecule has 2 saturated carbocycles. The highest BCUT2D eigenvalue weighted by Crippen LogP contribution is 2.31. The van der Waals surface area contributed by atoms with Crippen molar-refractivity contribution in [2.45, 2.75) is 57.9 Å². The van der Waals surface area contributed by atoms with Crippen molar-refractivity contribution in [3.8, 4) is 0 Å².